The third-order valence-corrected chi connectivity index (χ3v) is 6.69. The van der Waals surface area contributed by atoms with Gasteiger partial charge in [0, 0.05) is 44.2 Å². The highest BCUT2D eigenvalue weighted by Crippen LogP contribution is 2.23. The summed E-state index contributed by atoms with van der Waals surface area (Å²) < 4.78 is 0. The molecule has 29 heavy (non-hydrogen) atoms. The quantitative estimate of drug-likeness (QED) is 0.670. The molecule has 1 amide bonds. The van der Waals surface area contributed by atoms with E-state index in [1.807, 2.05) is 0 Å². The monoisotopic (exact) mass is 411 g/mol. The summed E-state index contributed by atoms with van der Waals surface area (Å²) in [5.74, 6) is 0.528. The molecule has 0 aromatic heterocycles. The van der Waals surface area contributed by atoms with E-state index in [4.69, 9.17) is 0 Å². The highest BCUT2D eigenvalue weighted by atomic mass is 32.2. The molecule has 0 atom stereocenters. The molecule has 0 aliphatic carbocycles. The summed E-state index contributed by atoms with van der Waals surface area (Å²) in [5.41, 5.74) is 4.94. The second kappa shape index (κ2) is 10.8. The lowest BCUT2D eigenvalue weighted by Crippen LogP contribution is -2.45. The Balaban J connectivity index is 1.40. The van der Waals surface area contributed by atoms with E-state index in [9.17, 15) is 4.79 Å². The largest absolute Gasteiger partial charge is 0.351 e. The van der Waals surface area contributed by atoms with Crippen LogP contribution in [0.1, 0.15) is 29.2 Å². The number of nitrogens with one attached hydrogen (secondary N) is 1. The van der Waals surface area contributed by atoms with Gasteiger partial charge in [-0.05, 0) is 43.1 Å². The lowest BCUT2D eigenvalue weighted by Gasteiger charge is -2.34. The first-order valence-electron chi connectivity index (χ1n) is 10.5. The number of piperazine rings is 1. The zero-order valence-electron chi connectivity index (χ0n) is 17.9. The molecule has 0 unspecified atom stereocenters. The molecular weight excluding hydrogens is 378 g/mol. The van der Waals surface area contributed by atoms with Crippen LogP contribution < -0.4 is 5.32 Å². The SMILES string of the molecule is CCN1CCN(Cc2ccc(CNC(=O)CSc3cc(C)ccc3C)cc2)CC1. The van der Waals surface area contributed by atoms with Gasteiger partial charge in [-0.2, -0.15) is 0 Å². The van der Waals surface area contributed by atoms with Gasteiger partial charge in [0.05, 0.1) is 5.75 Å². The molecule has 156 valence electrons. The maximum absolute atomic E-state index is 12.2. The summed E-state index contributed by atoms with van der Waals surface area (Å²) in [7, 11) is 0. The number of nitrogens with zero attached hydrogens (tertiary/aromatic N) is 2. The number of carbonyl (C=O) groups is 1. The second-order valence-electron chi connectivity index (χ2n) is 7.86. The van der Waals surface area contributed by atoms with E-state index in [-0.39, 0.29) is 5.91 Å². The summed E-state index contributed by atoms with van der Waals surface area (Å²) in [5, 5.41) is 3.04. The van der Waals surface area contributed by atoms with Crippen LogP contribution in [0, 0.1) is 13.8 Å². The van der Waals surface area contributed by atoms with E-state index in [0.29, 0.717) is 12.3 Å². The molecule has 2 aromatic carbocycles. The van der Waals surface area contributed by atoms with Gasteiger partial charge >= 0.3 is 0 Å². The van der Waals surface area contributed by atoms with Crippen LogP contribution >= 0.6 is 11.8 Å². The van der Waals surface area contributed by atoms with Crippen molar-refractivity contribution in [3.63, 3.8) is 0 Å². The number of rotatable bonds is 8. The van der Waals surface area contributed by atoms with Crippen molar-refractivity contribution in [2.45, 2.75) is 38.8 Å². The van der Waals surface area contributed by atoms with Gasteiger partial charge in [0.25, 0.3) is 0 Å². The molecule has 1 aliphatic rings. The summed E-state index contributed by atoms with van der Waals surface area (Å²) >= 11 is 1.61. The van der Waals surface area contributed by atoms with Gasteiger partial charge in [-0.3, -0.25) is 9.69 Å². The zero-order valence-corrected chi connectivity index (χ0v) is 18.7. The van der Waals surface area contributed by atoms with Crippen molar-refractivity contribution in [2.75, 3.05) is 38.5 Å². The number of aryl methyl sites for hydroxylation is 2. The summed E-state index contributed by atoms with van der Waals surface area (Å²) in [6, 6.07) is 15.0. The number of carbonyl (C=O) groups excluding carboxylic acids is 1. The van der Waals surface area contributed by atoms with Gasteiger partial charge in [0.15, 0.2) is 0 Å². The molecule has 1 fully saturated rings. The standard InChI is InChI=1S/C24H33N3OS/c1-4-26-11-13-27(14-12-26)17-22-9-7-21(8-10-22)16-25-24(28)18-29-23-15-19(2)5-6-20(23)3/h5-10,15H,4,11-14,16-18H2,1-3H3,(H,25,28). The molecule has 3 rings (SSSR count). The molecule has 5 heteroatoms. The van der Waals surface area contributed by atoms with Crippen molar-refractivity contribution in [2.24, 2.45) is 0 Å². The van der Waals surface area contributed by atoms with E-state index in [1.54, 1.807) is 11.8 Å². The highest BCUT2D eigenvalue weighted by molar-refractivity contribution is 8.00. The molecule has 0 saturated carbocycles. The molecule has 1 saturated heterocycles. The molecule has 0 bridgehead atoms. The Kier molecular flexibility index (Phi) is 8.16. The van der Waals surface area contributed by atoms with E-state index in [1.165, 1.54) is 34.7 Å². The minimum atomic E-state index is 0.0776. The lowest BCUT2D eigenvalue weighted by molar-refractivity contribution is -0.118. The van der Waals surface area contributed by atoms with Crippen LogP contribution in [0.15, 0.2) is 47.4 Å². The van der Waals surface area contributed by atoms with Crippen molar-refractivity contribution < 1.29 is 4.79 Å². The summed E-state index contributed by atoms with van der Waals surface area (Å²) in [6.07, 6.45) is 0. The Morgan fingerprint density at radius 3 is 2.31 bits per heavy atom. The van der Waals surface area contributed by atoms with Gasteiger partial charge < -0.3 is 10.2 Å². The topological polar surface area (TPSA) is 35.6 Å². The molecule has 2 aromatic rings. The molecule has 0 radical (unpaired) electrons. The van der Waals surface area contributed by atoms with Crippen LogP contribution in [0.3, 0.4) is 0 Å². The fourth-order valence-electron chi connectivity index (χ4n) is 3.54. The molecule has 1 heterocycles. The fourth-order valence-corrected chi connectivity index (χ4v) is 4.50. The van der Waals surface area contributed by atoms with Gasteiger partial charge in [-0.25, -0.2) is 0 Å². The van der Waals surface area contributed by atoms with Gasteiger partial charge in [0.1, 0.15) is 0 Å². The summed E-state index contributed by atoms with van der Waals surface area (Å²) in [6.45, 7) is 13.8. The van der Waals surface area contributed by atoms with E-state index in [0.717, 1.165) is 31.7 Å². The molecule has 4 nitrogen and oxygen atoms in total. The van der Waals surface area contributed by atoms with Crippen LogP contribution in [0.5, 0.6) is 0 Å². The van der Waals surface area contributed by atoms with Crippen molar-refractivity contribution in [1.29, 1.82) is 0 Å². The van der Waals surface area contributed by atoms with Crippen molar-refractivity contribution in [3.05, 3.63) is 64.7 Å². The number of benzene rings is 2. The third kappa shape index (κ3) is 6.88. The third-order valence-electron chi connectivity index (χ3n) is 5.53. The van der Waals surface area contributed by atoms with Gasteiger partial charge in [-0.15, -0.1) is 11.8 Å². The predicted molar refractivity (Wildman–Crippen MR) is 122 cm³/mol. The Morgan fingerprint density at radius 2 is 1.62 bits per heavy atom. The molecule has 1 aliphatic heterocycles. The lowest BCUT2D eigenvalue weighted by atomic mass is 10.1. The Hall–Kier alpha value is -1.82. The van der Waals surface area contributed by atoms with E-state index in [2.05, 4.69) is 78.4 Å². The maximum atomic E-state index is 12.2. The average Bonchev–Trinajstić information content (AvgIpc) is 2.74. The number of thioether (sulfide) groups is 1. The Labute approximate surface area is 179 Å². The first-order valence-corrected chi connectivity index (χ1v) is 11.5. The van der Waals surface area contributed by atoms with Crippen LogP contribution in [-0.4, -0.2) is 54.2 Å². The van der Waals surface area contributed by atoms with Crippen LogP contribution in [0.25, 0.3) is 0 Å². The average molecular weight is 412 g/mol. The van der Waals surface area contributed by atoms with Gasteiger partial charge in [0.2, 0.25) is 5.91 Å². The van der Waals surface area contributed by atoms with Crippen LogP contribution in [0.4, 0.5) is 0 Å². The van der Waals surface area contributed by atoms with Crippen LogP contribution in [0.2, 0.25) is 0 Å². The Bertz CT molecular complexity index is 798. The normalized spacial score (nSPS) is 15.4. The maximum Gasteiger partial charge on any atom is 0.230 e. The number of amides is 1. The van der Waals surface area contributed by atoms with E-state index < -0.39 is 0 Å². The Morgan fingerprint density at radius 1 is 0.966 bits per heavy atom. The molecule has 1 N–H and O–H groups in total. The first kappa shape index (κ1) is 21.9. The molecule has 0 spiro atoms. The van der Waals surface area contributed by atoms with Crippen molar-refractivity contribution in [3.8, 4) is 0 Å². The van der Waals surface area contributed by atoms with Crippen molar-refractivity contribution in [1.82, 2.24) is 15.1 Å². The van der Waals surface area contributed by atoms with Crippen molar-refractivity contribution >= 4 is 17.7 Å². The smallest absolute Gasteiger partial charge is 0.230 e. The number of hydrogen-bond acceptors (Lipinski definition) is 4. The molecular formula is C24H33N3OS. The number of hydrogen-bond donors (Lipinski definition) is 1. The highest BCUT2D eigenvalue weighted by Gasteiger charge is 2.15. The number of likely N-dealkylation sites (N-methyl/N-ethyl adjacent to an activating group) is 1. The van der Waals surface area contributed by atoms with E-state index >= 15 is 0 Å². The summed E-state index contributed by atoms with van der Waals surface area (Å²) in [4.78, 5) is 18.4. The first-order chi connectivity index (χ1) is 14.0. The second-order valence-corrected chi connectivity index (χ2v) is 8.88. The van der Waals surface area contributed by atoms with Crippen LogP contribution in [-0.2, 0) is 17.9 Å². The minimum absolute atomic E-state index is 0.0776. The zero-order chi connectivity index (χ0) is 20.6. The fraction of sp³-hybridized carbons (Fsp3) is 0.458. The van der Waals surface area contributed by atoms with Gasteiger partial charge in [-0.1, -0.05) is 48.9 Å². The predicted octanol–water partition coefficient (Wildman–Crippen LogP) is 3.85. The minimum Gasteiger partial charge on any atom is -0.351 e.